The molecule has 0 radical (unpaired) electrons. The van der Waals surface area contributed by atoms with Crippen LogP contribution in [0.15, 0.2) is 0 Å². The molecule has 5 nitrogen and oxygen atoms in total. The molecule has 1 aromatic heterocycles. The van der Waals surface area contributed by atoms with E-state index in [4.69, 9.17) is 0 Å². The van der Waals surface area contributed by atoms with E-state index in [1.807, 2.05) is 6.92 Å². The molecule has 2 atom stereocenters. The van der Waals surface area contributed by atoms with Gasteiger partial charge in [0.05, 0.1) is 11.3 Å². The van der Waals surface area contributed by atoms with Crippen LogP contribution in [0.25, 0.3) is 0 Å². The van der Waals surface area contributed by atoms with Crippen LogP contribution in [0.1, 0.15) is 28.7 Å². The highest BCUT2D eigenvalue weighted by Gasteiger charge is 2.17. The first-order valence-corrected chi connectivity index (χ1v) is 6.77. The smallest absolute Gasteiger partial charge is 0.255 e. The van der Waals surface area contributed by atoms with Gasteiger partial charge < -0.3 is 5.32 Å². The lowest BCUT2D eigenvalue weighted by Crippen LogP contribution is -2.36. The van der Waals surface area contributed by atoms with Gasteiger partial charge in [-0.1, -0.05) is 0 Å². The fourth-order valence-electron chi connectivity index (χ4n) is 1.58. The Balaban J connectivity index is 2.69. The first-order valence-electron chi connectivity index (χ1n) is 5.04. The van der Waals surface area contributed by atoms with Gasteiger partial charge in [0, 0.05) is 34.5 Å². The van der Waals surface area contributed by atoms with E-state index in [0.717, 1.165) is 5.69 Å². The molecule has 16 heavy (non-hydrogen) atoms. The van der Waals surface area contributed by atoms with E-state index in [9.17, 15) is 9.00 Å². The molecule has 0 fully saturated rings. The van der Waals surface area contributed by atoms with Crippen LogP contribution in [0.5, 0.6) is 0 Å². The van der Waals surface area contributed by atoms with Crippen LogP contribution in [0, 0.1) is 13.8 Å². The van der Waals surface area contributed by atoms with Crippen molar-refractivity contribution in [3.63, 3.8) is 0 Å². The number of aromatic nitrogens is 2. The van der Waals surface area contributed by atoms with Crippen LogP contribution in [0.2, 0.25) is 0 Å². The topological polar surface area (TPSA) is 74.8 Å². The van der Waals surface area contributed by atoms with Crippen molar-refractivity contribution in [3.8, 4) is 0 Å². The van der Waals surface area contributed by atoms with Crippen LogP contribution in [0.3, 0.4) is 0 Å². The second kappa shape index (κ2) is 5.25. The molecule has 1 heterocycles. The molecule has 0 saturated carbocycles. The summed E-state index contributed by atoms with van der Waals surface area (Å²) in [4.78, 5) is 11.9. The van der Waals surface area contributed by atoms with E-state index in [-0.39, 0.29) is 11.9 Å². The van der Waals surface area contributed by atoms with Crippen molar-refractivity contribution in [1.29, 1.82) is 0 Å². The van der Waals surface area contributed by atoms with Crippen LogP contribution >= 0.6 is 0 Å². The lowest BCUT2D eigenvalue weighted by atomic mass is 10.2. The zero-order chi connectivity index (χ0) is 12.3. The number of hydrogen-bond acceptors (Lipinski definition) is 3. The minimum Gasteiger partial charge on any atom is -0.349 e. The summed E-state index contributed by atoms with van der Waals surface area (Å²) in [5.74, 6) is 0.295. The highest BCUT2D eigenvalue weighted by Crippen LogP contribution is 2.09. The molecular weight excluding hydrogens is 226 g/mol. The molecule has 6 heteroatoms. The number of carbonyl (C=O) groups is 1. The fraction of sp³-hybridized carbons (Fsp3) is 0.600. The van der Waals surface area contributed by atoms with Gasteiger partial charge in [0.15, 0.2) is 0 Å². The Morgan fingerprint density at radius 2 is 2.19 bits per heavy atom. The quantitative estimate of drug-likeness (QED) is 0.809. The van der Waals surface area contributed by atoms with Gasteiger partial charge in [-0.15, -0.1) is 0 Å². The Labute approximate surface area is 97.5 Å². The summed E-state index contributed by atoms with van der Waals surface area (Å²) in [7, 11) is -0.908. The maximum absolute atomic E-state index is 11.9. The lowest BCUT2D eigenvalue weighted by molar-refractivity contribution is 0.0942. The zero-order valence-corrected chi connectivity index (χ0v) is 10.8. The van der Waals surface area contributed by atoms with Gasteiger partial charge in [-0.05, 0) is 20.8 Å². The van der Waals surface area contributed by atoms with Crippen molar-refractivity contribution >= 4 is 16.7 Å². The third kappa shape index (κ3) is 3.16. The predicted molar refractivity (Wildman–Crippen MR) is 63.9 cm³/mol. The van der Waals surface area contributed by atoms with Crippen LogP contribution < -0.4 is 5.32 Å². The van der Waals surface area contributed by atoms with Crippen molar-refractivity contribution in [2.75, 3.05) is 12.0 Å². The van der Waals surface area contributed by atoms with Gasteiger partial charge in [-0.3, -0.25) is 14.1 Å². The zero-order valence-electron chi connectivity index (χ0n) is 9.96. The van der Waals surface area contributed by atoms with Crippen molar-refractivity contribution < 1.29 is 9.00 Å². The molecule has 0 aromatic carbocycles. The molecule has 0 saturated heterocycles. The molecule has 0 spiro atoms. The molecule has 1 amide bonds. The summed E-state index contributed by atoms with van der Waals surface area (Å²) >= 11 is 0. The number of carbonyl (C=O) groups excluding carboxylic acids is 1. The average Bonchev–Trinajstić information content (AvgIpc) is 2.44. The lowest BCUT2D eigenvalue weighted by Gasteiger charge is -2.12. The normalized spacial score (nSPS) is 14.5. The molecule has 1 aromatic rings. The third-order valence-electron chi connectivity index (χ3n) is 2.22. The molecule has 0 bridgehead atoms. The van der Waals surface area contributed by atoms with Gasteiger partial charge in [-0.25, -0.2) is 0 Å². The van der Waals surface area contributed by atoms with Gasteiger partial charge >= 0.3 is 0 Å². The van der Waals surface area contributed by atoms with Crippen molar-refractivity contribution in [2.45, 2.75) is 26.8 Å². The standard InChI is InChI=1S/C10H17N3O2S/c1-6(5-16(4)15)11-10(14)9-7(2)12-13-8(9)3/h6H,5H2,1-4H3,(H,11,14)(H,12,13). The second-order valence-electron chi connectivity index (χ2n) is 3.92. The maximum Gasteiger partial charge on any atom is 0.255 e. The minimum absolute atomic E-state index is 0.105. The van der Waals surface area contributed by atoms with E-state index in [0.29, 0.717) is 17.0 Å². The molecule has 0 aliphatic rings. The summed E-state index contributed by atoms with van der Waals surface area (Å²) in [6.45, 7) is 5.42. The molecule has 0 aliphatic heterocycles. The highest BCUT2D eigenvalue weighted by molar-refractivity contribution is 7.84. The number of H-pyrrole nitrogens is 1. The van der Waals surface area contributed by atoms with Crippen molar-refractivity contribution in [1.82, 2.24) is 15.5 Å². The molecular formula is C10H17N3O2S. The Bertz CT molecular complexity index is 395. The van der Waals surface area contributed by atoms with Crippen molar-refractivity contribution in [2.24, 2.45) is 0 Å². The fourth-order valence-corrected chi connectivity index (χ4v) is 2.36. The first-order chi connectivity index (χ1) is 7.41. The summed E-state index contributed by atoms with van der Waals surface area (Å²) < 4.78 is 11.0. The van der Waals surface area contributed by atoms with E-state index in [2.05, 4.69) is 15.5 Å². The predicted octanol–water partition coefficient (Wildman–Crippen LogP) is 0.523. The number of nitrogens with one attached hydrogen (secondary N) is 2. The summed E-state index contributed by atoms with van der Waals surface area (Å²) in [5.41, 5.74) is 2.01. The van der Waals surface area contributed by atoms with Crippen LogP contribution in [-0.4, -0.2) is 38.4 Å². The van der Waals surface area contributed by atoms with Crippen molar-refractivity contribution in [3.05, 3.63) is 17.0 Å². The Kier molecular flexibility index (Phi) is 4.23. The monoisotopic (exact) mass is 243 g/mol. The van der Waals surface area contributed by atoms with Gasteiger partial charge in [-0.2, -0.15) is 5.10 Å². The summed E-state index contributed by atoms with van der Waals surface area (Å²) in [6, 6.07) is -0.105. The van der Waals surface area contributed by atoms with E-state index in [1.165, 1.54) is 0 Å². The molecule has 90 valence electrons. The number of amides is 1. The Morgan fingerprint density at radius 3 is 2.62 bits per heavy atom. The Morgan fingerprint density at radius 1 is 1.56 bits per heavy atom. The van der Waals surface area contributed by atoms with Gasteiger partial charge in [0.2, 0.25) is 0 Å². The number of aromatic amines is 1. The average molecular weight is 243 g/mol. The third-order valence-corrected chi connectivity index (χ3v) is 3.19. The highest BCUT2D eigenvalue weighted by atomic mass is 32.2. The largest absolute Gasteiger partial charge is 0.349 e. The van der Waals surface area contributed by atoms with Crippen LogP contribution in [0.4, 0.5) is 0 Å². The molecule has 2 unspecified atom stereocenters. The Hall–Kier alpha value is -1.17. The molecule has 2 N–H and O–H groups in total. The summed E-state index contributed by atoms with van der Waals surface area (Å²) in [5, 5.41) is 9.52. The van der Waals surface area contributed by atoms with E-state index >= 15 is 0 Å². The molecule has 1 rings (SSSR count). The molecule has 0 aliphatic carbocycles. The van der Waals surface area contributed by atoms with E-state index in [1.54, 1.807) is 20.1 Å². The number of nitrogens with zero attached hydrogens (tertiary/aromatic N) is 1. The first kappa shape index (κ1) is 12.9. The number of hydrogen-bond donors (Lipinski definition) is 2. The van der Waals surface area contributed by atoms with Gasteiger partial charge in [0.1, 0.15) is 0 Å². The summed E-state index contributed by atoms with van der Waals surface area (Å²) in [6.07, 6.45) is 1.62. The number of aryl methyl sites for hydroxylation is 2. The maximum atomic E-state index is 11.9. The van der Waals surface area contributed by atoms with E-state index < -0.39 is 10.8 Å². The second-order valence-corrected chi connectivity index (χ2v) is 5.40. The SMILES string of the molecule is Cc1n[nH]c(C)c1C(=O)NC(C)CS(C)=O. The van der Waals surface area contributed by atoms with Crippen LogP contribution in [-0.2, 0) is 10.8 Å². The number of rotatable bonds is 4. The minimum atomic E-state index is -0.908. The van der Waals surface area contributed by atoms with Gasteiger partial charge in [0.25, 0.3) is 5.91 Å².